The largest absolute Gasteiger partial charge is 0.486 e. The molecule has 2 N–H and O–H groups in total. The Morgan fingerprint density at radius 2 is 2.25 bits per heavy atom. The van der Waals surface area contributed by atoms with Crippen molar-refractivity contribution in [3.63, 3.8) is 0 Å². The van der Waals surface area contributed by atoms with Crippen molar-refractivity contribution >= 4 is 0 Å². The van der Waals surface area contributed by atoms with Gasteiger partial charge in [0.15, 0.2) is 0 Å². The van der Waals surface area contributed by atoms with E-state index in [4.69, 9.17) is 4.74 Å². The molecule has 1 aromatic rings. The highest BCUT2D eigenvalue weighted by molar-refractivity contribution is 5.39. The zero-order valence-electron chi connectivity index (χ0n) is 12.6. The fourth-order valence-electron chi connectivity index (χ4n) is 3.58. The molecule has 0 aromatic heterocycles. The number of fused-ring (bicyclic) bond motifs is 1. The van der Waals surface area contributed by atoms with Gasteiger partial charge in [-0.1, -0.05) is 32.0 Å². The molecular formula is C17H26N2O. The molecule has 0 aliphatic carbocycles. The third kappa shape index (κ3) is 2.45. The van der Waals surface area contributed by atoms with Gasteiger partial charge in [-0.3, -0.25) is 0 Å². The minimum atomic E-state index is 0.00497. The van der Waals surface area contributed by atoms with E-state index in [2.05, 4.69) is 48.7 Å². The Morgan fingerprint density at radius 3 is 3.05 bits per heavy atom. The smallest absolute Gasteiger partial charge is 0.124 e. The van der Waals surface area contributed by atoms with Crippen LogP contribution in [0, 0.1) is 5.92 Å². The Bertz CT molecular complexity index is 462. The summed E-state index contributed by atoms with van der Waals surface area (Å²) in [5.41, 5.74) is 1.34. The Balaban J connectivity index is 1.90. The average molecular weight is 274 g/mol. The van der Waals surface area contributed by atoms with Gasteiger partial charge in [-0.25, -0.2) is 0 Å². The Kier molecular flexibility index (Phi) is 3.99. The van der Waals surface area contributed by atoms with Gasteiger partial charge in [-0.2, -0.15) is 0 Å². The predicted molar refractivity (Wildman–Crippen MR) is 82.1 cm³/mol. The molecule has 3 rings (SSSR count). The van der Waals surface area contributed by atoms with Crippen molar-refractivity contribution in [3.05, 3.63) is 29.8 Å². The van der Waals surface area contributed by atoms with E-state index < -0.39 is 0 Å². The maximum atomic E-state index is 6.50. The molecule has 3 atom stereocenters. The molecule has 0 bridgehead atoms. The molecule has 3 heteroatoms. The van der Waals surface area contributed by atoms with Gasteiger partial charge in [0, 0.05) is 30.5 Å². The highest BCUT2D eigenvalue weighted by Gasteiger charge is 2.45. The zero-order chi connectivity index (χ0) is 14.0. The van der Waals surface area contributed by atoms with Gasteiger partial charge in [-0.15, -0.1) is 0 Å². The van der Waals surface area contributed by atoms with Crippen molar-refractivity contribution in [2.24, 2.45) is 5.92 Å². The average Bonchev–Trinajstić information content (AvgIpc) is 2.48. The third-order valence-corrected chi connectivity index (χ3v) is 4.87. The quantitative estimate of drug-likeness (QED) is 0.889. The van der Waals surface area contributed by atoms with Crippen LogP contribution in [0.25, 0.3) is 0 Å². The van der Waals surface area contributed by atoms with Crippen LogP contribution in [0.3, 0.4) is 0 Å². The maximum Gasteiger partial charge on any atom is 0.124 e. The highest BCUT2D eigenvalue weighted by Crippen LogP contribution is 2.45. The second-order valence-electron chi connectivity index (χ2n) is 6.27. The fourth-order valence-corrected chi connectivity index (χ4v) is 3.58. The third-order valence-electron chi connectivity index (χ3n) is 4.87. The van der Waals surface area contributed by atoms with Crippen LogP contribution in [-0.4, -0.2) is 25.2 Å². The predicted octanol–water partition coefficient (Wildman–Crippen LogP) is 2.88. The van der Waals surface area contributed by atoms with E-state index in [0.717, 1.165) is 38.2 Å². The van der Waals surface area contributed by atoms with Crippen LogP contribution in [0.2, 0.25) is 0 Å². The van der Waals surface area contributed by atoms with E-state index in [1.165, 1.54) is 12.0 Å². The summed E-state index contributed by atoms with van der Waals surface area (Å²) in [6.45, 7) is 7.73. The normalized spacial score (nSPS) is 32.7. The minimum Gasteiger partial charge on any atom is -0.486 e. The SMILES string of the molecule is CCCNC1CC2(CCNCC2C)Oc2ccccc21. The van der Waals surface area contributed by atoms with Crippen LogP contribution in [0.15, 0.2) is 24.3 Å². The van der Waals surface area contributed by atoms with Crippen LogP contribution >= 0.6 is 0 Å². The van der Waals surface area contributed by atoms with Gasteiger partial charge in [0.25, 0.3) is 0 Å². The molecule has 1 fully saturated rings. The van der Waals surface area contributed by atoms with Gasteiger partial charge in [0.1, 0.15) is 11.4 Å². The van der Waals surface area contributed by atoms with Crippen LogP contribution in [0.5, 0.6) is 5.75 Å². The number of hydrogen-bond acceptors (Lipinski definition) is 3. The van der Waals surface area contributed by atoms with Gasteiger partial charge < -0.3 is 15.4 Å². The molecule has 1 spiro atoms. The molecule has 1 saturated heterocycles. The number of hydrogen-bond donors (Lipinski definition) is 2. The summed E-state index contributed by atoms with van der Waals surface area (Å²) in [7, 11) is 0. The topological polar surface area (TPSA) is 33.3 Å². The second kappa shape index (κ2) is 5.74. The van der Waals surface area contributed by atoms with E-state index in [1.54, 1.807) is 0 Å². The highest BCUT2D eigenvalue weighted by atomic mass is 16.5. The molecule has 1 aromatic carbocycles. The molecule has 20 heavy (non-hydrogen) atoms. The molecule has 0 radical (unpaired) electrons. The van der Waals surface area contributed by atoms with Gasteiger partial charge >= 0.3 is 0 Å². The first-order valence-corrected chi connectivity index (χ1v) is 7.97. The lowest BCUT2D eigenvalue weighted by Gasteiger charge is -2.48. The lowest BCUT2D eigenvalue weighted by molar-refractivity contribution is -0.0372. The van der Waals surface area contributed by atoms with Crippen LogP contribution < -0.4 is 15.4 Å². The lowest BCUT2D eigenvalue weighted by atomic mass is 9.75. The van der Waals surface area contributed by atoms with Crippen molar-refractivity contribution in [2.75, 3.05) is 19.6 Å². The van der Waals surface area contributed by atoms with E-state index >= 15 is 0 Å². The Morgan fingerprint density at radius 1 is 1.40 bits per heavy atom. The van der Waals surface area contributed by atoms with Gasteiger partial charge in [-0.05, 0) is 32.0 Å². The maximum absolute atomic E-state index is 6.50. The number of rotatable bonds is 3. The molecule has 2 aliphatic heterocycles. The molecule has 0 amide bonds. The van der Waals surface area contributed by atoms with E-state index in [9.17, 15) is 0 Å². The van der Waals surface area contributed by atoms with E-state index in [0.29, 0.717) is 12.0 Å². The minimum absolute atomic E-state index is 0.00497. The zero-order valence-corrected chi connectivity index (χ0v) is 12.6. The van der Waals surface area contributed by atoms with Gasteiger partial charge in [0.05, 0.1) is 0 Å². The first-order valence-electron chi connectivity index (χ1n) is 7.97. The summed E-state index contributed by atoms with van der Waals surface area (Å²) in [4.78, 5) is 0. The summed E-state index contributed by atoms with van der Waals surface area (Å²) in [5.74, 6) is 1.64. The molecular weight excluding hydrogens is 248 g/mol. The number of benzene rings is 1. The number of piperidine rings is 1. The summed E-state index contributed by atoms with van der Waals surface area (Å²) in [6, 6.07) is 8.97. The monoisotopic (exact) mass is 274 g/mol. The fraction of sp³-hybridized carbons (Fsp3) is 0.647. The van der Waals surface area contributed by atoms with E-state index in [1.807, 2.05) is 0 Å². The van der Waals surface area contributed by atoms with Crippen molar-refractivity contribution in [3.8, 4) is 5.75 Å². The molecule has 0 saturated carbocycles. The van der Waals surface area contributed by atoms with Crippen LogP contribution in [0.4, 0.5) is 0 Å². The number of nitrogens with one attached hydrogen (secondary N) is 2. The van der Waals surface area contributed by atoms with Crippen LogP contribution in [-0.2, 0) is 0 Å². The summed E-state index contributed by atoms with van der Waals surface area (Å²) in [5, 5.41) is 7.21. The molecule has 3 unspecified atom stereocenters. The summed E-state index contributed by atoms with van der Waals surface area (Å²) >= 11 is 0. The van der Waals surface area contributed by atoms with Crippen molar-refractivity contribution in [1.82, 2.24) is 10.6 Å². The second-order valence-corrected chi connectivity index (χ2v) is 6.27. The number of para-hydroxylation sites is 1. The van der Waals surface area contributed by atoms with Crippen molar-refractivity contribution < 1.29 is 4.74 Å². The lowest BCUT2D eigenvalue weighted by Crippen LogP contribution is -2.56. The molecule has 110 valence electrons. The first-order chi connectivity index (χ1) is 9.75. The molecule has 2 heterocycles. The number of ether oxygens (including phenoxy) is 1. The standard InChI is InChI=1S/C17H26N2O/c1-3-9-19-15-11-17(8-10-18-12-13(17)2)20-16-7-5-4-6-14(15)16/h4-7,13,15,18-19H,3,8-12H2,1-2H3. The Hall–Kier alpha value is -1.06. The summed E-state index contributed by atoms with van der Waals surface area (Å²) < 4.78 is 6.50. The van der Waals surface area contributed by atoms with Crippen LogP contribution in [0.1, 0.15) is 44.7 Å². The van der Waals surface area contributed by atoms with Crippen molar-refractivity contribution in [2.45, 2.75) is 44.8 Å². The molecule has 2 aliphatic rings. The van der Waals surface area contributed by atoms with Gasteiger partial charge in [0.2, 0.25) is 0 Å². The molecule has 3 nitrogen and oxygen atoms in total. The Labute approximate surface area is 122 Å². The van der Waals surface area contributed by atoms with Crippen molar-refractivity contribution in [1.29, 1.82) is 0 Å². The van der Waals surface area contributed by atoms with E-state index in [-0.39, 0.29) is 5.60 Å². The summed E-state index contributed by atoms with van der Waals surface area (Å²) in [6.07, 6.45) is 3.36. The first kappa shape index (κ1) is 13.9.